The fourth-order valence-corrected chi connectivity index (χ4v) is 1.87. The maximum atomic E-state index is 13.4. The van der Waals surface area contributed by atoms with Gasteiger partial charge in [-0.1, -0.05) is 11.6 Å². The first-order chi connectivity index (χ1) is 8.58. The molecular weight excluding hydrogens is 260 g/mol. The third kappa shape index (κ3) is 2.83. The monoisotopic (exact) mass is 269 g/mol. The average Bonchev–Trinajstić information content (AvgIpc) is 2.34. The molecule has 1 unspecified atom stereocenters. The second-order valence-corrected chi connectivity index (χ2v) is 4.26. The van der Waals surface area contributed by atoms with Gasteiger partial charge in [-0.25, -0.2) is 8.78 Å². The molecule has 2 aromatic rings. The van der Waals surface area contributed by atoms with Gasteiger partial charge in [0.25, 0.3) is 0 Å². The van der Waals surface area contributed by atoms with E-state index in [1.807, 2.05) is 0 Å². The topological polar surface area (TPSA) is 33.1 Å². The van der Waals surface area contributed by atoms with Gasteiger partial charge in [0, 0.05) is 23.2 Å². The summed E-state index contributed by atoms with van der Waals surface area (Å²) in [6.45, 7) is 0. The van der Waals surface area contributed by atoms with Crippen molar-refractivity contribution in [2.75, 3.05) is 0 Å². The molecule has 0 aliphatic carbocycles. The molecule has 2 rings (SSSR count). The van der Waals surface area contributed by atoms with Gasteiger partial charge in [-0.2, -0.15) is 0 Å². The van der Waals surface area contributed by atoms with E-state index in [4.69, 9.17) is 11.6 Å². The van der Waals surface area contributed by atoms with Gasteiger partial charge in [-0.3, -0.25) is 4.98 Å². The number of halogens is 3. The van der Waals surface area contributed by atoms with Crippen molar-refractivity contribution in [1.82, 2.24) is 4.98 Å². The van der Waals surface area contributed by atoms with E-state index in [-0.39, 0.29) is 12.0 Å². The Morgan fingerprint density at radius 2 is 2.06 bits per heavy atom. The lowest BCUT2D eigenvalue weighted by atomic mass is 10.0. The number of pyridine rings is 1. The molecular formula is C13H10ClF2NO. The third-order valence-corrected chi connectivity index (χ3v) is 2.95. The predicted molar refractivity (Wildman–Crippen MR) is 64.3 cm³/mol. The molecule has 2 nitrogen and oxygen atoms in total. The van der Waals surface area contributed by atoms with Crippen LogP contribution < -0.4 is 0 Å². The van der Waals surface area contributed by atoms with Crippen molar-refractivity contribution in [2.24, 2.45) is 0 Å². The molecule has 0 radical (unpaired) electrons. The minimum absolute atomic E-state index is 0.0392. The van der Waals surface area contributed by atoms with Crippen LogP contribution in [0.5, 0.6) is 0 Å². The lowest BCUT2D eigenvalue weighted by Gasteiger charge is -2.12. The van der Waals surface area contributed by atoms with Gasteiger partial charge in [0.15, 0.2) is 0 Å². The molecule has 1 N–H and O–H groups in total. The molecule has 0 aliphatic rings. The van der Waals surface area contributed by atoms with Gasteiger partial charge in [-0.05, 0) is 29.8 Å². The summed E-state index contributed by atoms with van der Waals surface area (Å²) in [7, 11) is 0. The fraction of sp³-hybridized carbons (Fsp3) is 0.154. The molecule has 0 fully saturated rings. The minimum Gasteiger partial charge on any atom is -0.388 e. The molecule has 1 heterocycles. The minimum atomic E-state index is -1.09. The van der Waals surface area contributed by atoms with Crippen LogP contribution in [0.3, 0.4) is 0 Å². The van der Waals surface area contributed by atoms with Crippen LogP contribution in [-0.2, 0) is 6.42 Å². The second-order valence-electron chi connectivity index (χ2n) is 3.85. The van der Waals surface area contributed by atoms with Crippen molar-refractivity contribution in [3.05, 3.63) is 64.4 Å². The summed E-state index contributed by atoms with van der Waals surface area (Å²) in [5.41, 5.74) is 0.547. The van der Waals surface area contributed by atoms with Gasteiger partial charge < -0.3 is 5.11 Å². The van der Waals surface area contributed by atoms with Crippen LogP contribution in [0.2, 0.25) is 5.02 Å². The number of benzene rings is 1. The number of aliphatic hydroxyl groups is 1. The highest BCUT2D eigenvalue weighted by Crippen LogP contribution is 2.25. The van der Waals surface area contributed by atoms with Crippen LogP contribution in [0.1, 0.15) is 17.2 Å². The third-order valence-electron chi connectivity index (χ3n) is 2.58. The number of aromatic nitrogens is 1. The molecule has 18 heavy (non-hydrogen) atoms. The molecule has 0 saturated heterocycles. The van der Waals surface area contributed by atoms with Crippen LogP contribution in [-0.4, -0.2) is 10.1 Å². The summed E-state index contributed by atoms with van der Waals surface area (Å²) in [5, 5.41) is 10.3. The normalized spacial score (nSPS) is 12.4. The highest BCUT2D eigenvalue weighted by atomic mass is 35.5. The molecule has 0 bridgehead atoms. The van der Waals surface area contributed by atoms with Crippen molar-refractivity contribution < 1.29 is 13.9 Å². The van der Waals surface area contributed by atoms with E-state index in [9.17, 15) is 13.9 Å². The zero-order chi connectivity index (χ0) is 13.1. The molecule has 0 spiro atoms. The van der Waals surface area contributed by atoms with Gasteiger partial charge in [0.1, 0.15) is 11.6 Å². The first-order valence-corrected chi connectivity index (χ1v) is 5.67. The number of rotatable bonds is 3. The van der Waals surface area contributed by atoms with E-state index < -0.39 is 17.7 Å². The number of hydrogen-bond donors (Lipinski definition) is 1. The maximum Gasteiger partial charge on any atom is 0.147 e. The summed E-state index contributed by atoms with van der Waals surface area (Å²) in [5.74, 6) is -1.05. The maximum absolute atomic E-state index is 13.4. The van der Waals surface area contributed by atoms with Crippen LogP contribution >= 0.6 is 11.6 Å². The Balaban J connectivity index is 2.24. The molecule has 0 amide bonds. The SMILES string of the molecule is OC(Cc1cc(F)ccc1Cl)c1ccncc1F. The Labute approximate surface area is 108 Å². The van der Waals surface area contributed by atoms with Gasteiger partial charge >= 0.3 is 0 Å². The van der Waals surface area contributed by atoms with Crippen molar-refractivity contribution >= 4 is 11.6 Å². The summed E-state index contributed by atoms with van der Waals surface area (Å²) in [6, 6.07) is 5.24. The Bertz CT molecular complexity index is 562. The standard InChI is InChI=1S/C13H10ClF2NO/c14-11-2-1-9(15)5-8(11)6-13(18)10-3-4-17-7-12(10)16/h1-5,7,13,18H,6H2. The summed E-state index contributed by atoms with van der Waals surface area (Å²) < 4.78 is 26.4. The van der Waals surface area contributed by atoms with E-state index in [1.165, 1.54) is 30.5 Å². The first-order valence-electron chi connectivity index (χ1n) is 5.29. The van der Waals surface area contributed by atoms with Gasteiger partial charge in [-0.15, -0.1) is 0 Å². The van der Waals surface area contributed by atoms with Crippen LogP contribution in [0, 0.1) is 11.6 Å². The Kier molecular flexibility index (Phi) is 3.89. The largest absolute Gasteiger partial charge is 0.388 e. The summed E-state index contributed by atoms with van der Waals surface area (Å²) >= 11 is 5.88. The number of nitrogens with zero attached hydrogens (tertiary/aromatic N) is 1. The summed E-state index contributed by atoms with van der Waals surface area (Å²) in [6.07, 6.45) is 1.35. The Morgan fingerprint density at radius 1 is 1.28 bits per heavy atom. The average molecular weight is 270 g/mol. The molecule has 94 valence electrons. The van der Waals surface area contributed by atoms with Crippen molar-refractivity contribution in [3.8, 4) is 0 Å². The van der Waals surface area contributed by atoms with Crippen LogP contribution in [0.4, 0.5) is 8.78 Å². The molecule has 1 atom stereocenters. The van der Waals surface area contributed by atoms with Crippen LogP contribution in [0.15, 0.2) is 36.7 Å². The Hall–Kier alpha value is -1.52. The van der Waals surface area contributed by atoms with Crippen molar-refractivity contribution in [1.29, 1.82) is 0 Å². The zero-order valence-corrected chi connectivity index (χ0v) is 10.0. The number of hydrogen-bond acceptors (Lipinski definition) is 2. The van der Waals surface area contributed by atoms with E-state index in [1.54, 1.807) is 0 Å². The molecule has 1 aromatic heterocycles. The van der Waals surface area contributed by atoms with E-state index >= 15 is 0 Å². The fourth-order valence-electron chi connectivity index (χ4n) is 1.67. The molecule has 0 saturated carbocycles. The summed E-state index contributed by atoms with van der Waals surface area (Å²) in [4.78, 5) is 3.59. The van der Waals surface area contributed by atoms with E-state index in [0.29, 0.717) is 10.6 Å². The Morgan fingerprint density at radius 3 is 2.78 bits per heavy atom. The predicted octanol–water partition coefficient (Wildman–Crippen LogP) is 3.29. The first kappa shape index (κ1) is 12.9. The molecule has 0 aliphatic heterocycles. The highest BCUT2D eigenvalue weighted by Gasteiger charge is 2.15. The second kappa shape index (κ2) is 5.42. The zero-order valence-electron chi connectivity index (χ0n) is 9.28. The van der Waals surface area contributed by atoms with E-state index in [2.05, 4.69) is 4.98 Å². The van der Waals surface area contributed by atoms with Crippen LogP contribution in [0.25, 0.3) is 0 Å². The molecule has 1 aromatic carbocycles. The van der Waals surface area contributed by atoms with Crippen molar-refractivity contribution in [3.63, 3.8) is 0 Å². The quantitative estimate of drug-likeness (QED) is 0.927. The lowest BCUT2D eigenvalue weighted by Crippen LogP contribution is -2.05. The van der Waals surface area contributed by atoms with Crippen molar-refractivity contribution in [2.45, 2.75) is 12.5 Å². The van der Waals surface area contributed by atoms with Gasteiger partial charge in [0.2, 0.25) is 0 Å². The smallest absolute Gasteiger partial charge is 0.147 e. The van der Waals surface area contributed by atoms with Gasteiger partial charge in [0.05, 0.1) is 12.3 Å². The number of aliphatic hydroxyl groups excluding tert-OH is 1. The lowest BCUT2D eigenvalue weighted by molar-refractivity contribution is 0.173. The van der Waals surface area contributed by atoms with E-state index in [0.717, 1.165) is 6.20 Å². The highest BCUT2D eigenvalue weighted by molar-refractivity contribution is 6.31. The molecule has 5 heteroatoms.